The molecule has 108 valence electrons. The Bertz CT molecular complexity index is 664. The predicted octanol–water partition coefficient (Wildman–Crippen LogP) is 0.603. The number of aliphatic hydroxyl groups excluding tert-OH is 1. The highest BCUT2D eigenvalue weighted by Gasteiger charge is 2.16. The molecule has 0 unspecified atom stereocenters. The number of oxazole rings is 1. The van der Waals surface area contributed by atoms with Crippen LogP contribution >= 0.6 is 0 Å². The molecular weight excluding hydrogens is 282 g/mol. The number of aliphatic hydroxyl groups is 1. The van der Waals surface area contributed by atoms with Crippen LogP contribution in [0.25, 0.3) is 0 Å². The van der Waals surface area contributed by atoms with Crippen LogP contribution in [0, 0.1) is 0 Å². The van der Waals surface area contributed by atoms with E-state index in [1.165, 1.54) is 18.3 Å². The lowest BCUT2D eigenvalue weighted by Gasteiger charge is -2.04. The van der Waals surface area contributed by atoms with Crippen molar-refractivity contribution in [1.82, 2.24) is 14.7 Å². The molecule has 0 atom stereocenters. The van der Waals surface area contributed by atoms with Gasteiger partial charge in [0.05, 0.1) is 19.3 Å². The number of rotatable bonds is 6. The molecule has 0 bridgehead atoms. The molecule has 20 heavy (non-hydrogen) atoms. The zero-order valence-corrected chi connectivity index (χ0v) is 11.7. The van der Waals surface area contributed by atoms with Crippen molar-refractivity contribution in [2.45, 2.75) is 31.5 Å². The average molecular weight is 297 g/mol. The average Bonchev–Trinajstić information content (AvgIpc) is 2.93. The van der Waals surface area contributed by atoms with E-state index in [4.69, 9.17) is 9.52 Å². The molecule has 0 aliphatic rings. The van der Waals surface area contributed by atoms with Gasteiger partial charge in [0.1, 0.15) is 5.76 Å². The molecule has 0 saturated carbocycles. The molecule has 0 spiro atoms. The summed E-state index contributed by atoms with van der Waals surface area (Å²) in [5.74, 6) is 1.00. The highest BCUT2D eigenvalue weighted by atomic mass is 32.2. The number of pyridine rings is 1. The van der Waals surface area contributed by atoms with Gasteiger partial charge < -0.3 is 9.52 Å². The van der Waals surface area contributed by atoms with Gasteiger partial charge in [-0.3, -0.25) is 0 Å². The van der Waals surface area contributed by atoms with Crippen molar-refractivity contribution in [3.05, 3.63) is 41.7 Å². The zero-order chi connectivity index (χ0) is 14.6. The quantitative estimate of drug-likeness (QED) is 0.809. The first-order chi connectivity index (χ1) is 9.55. The van der Waals surface area contributed by atoms with Crippen LogP contribution in [0.2, 0.25) is 0 Å². The van der Waals surface area contributed by atoms with E-state index in [1.54, 1.807) is 6.20 Å². The summed E-state index contributed by atoms with van der Waals surface area (Å²) in [6.07, 6.45) is 3.58. The second kappa shape index (κ2) is 6.12. The second-order valence-corrected chi connectivity index (χ2v) is 5.78. The van der Waals surface area contributed by atoms with Gasteiger partial charge >= 0.3 is 0 Å². The van der Waals surface area contributed by atoms with Gasteiger partial charge in [0, 0.05) is 12.6 Å². The highest BCUT2D eigenvalue weighted by Crippen LogP contribution is 2.09. The van der Waals surface area contributed by atoms with E-state index in [0.29, 0.717) is 23.6 Å². The summed E-state index contributed by atoms with van der Waals surface area (Å²) in [5.41, 5.74) is 0.546. The molecule has 2 aromatic rings. The van der Waals surface area contributed by atoms with Gasteiger partial charge in [-0.15, -0.1) is 0 Å². The van der Waals surface area contributed by atoms with Crippen molar-refractivity contribution in [2.24, 2.45) is 0 Å². The maximum absolute atomic E-state index is 12.0. The van der Waals surface area contributed by atoms with Crippen molar-refractivity contribution < 1.29 is 17.9 Å². The standard InChI is InChI=1S/C12H15N3O4S/c1-2-10-6-13-11(19-10)7-15-20(17,18)12-4-3-9(8-16)5-14-12/h3-6,15-16H,2,7-8H2,1H3. The summed E-state index contributed by atoms with van der Waals surface area (Å²) < 4.78 is 31.6. The van der Waals surface area contributed by atoms with Gasteiger partial charge in [-0.2, -0.15) is 0 Å². The van der Waals surface area contributed by atoms with Gasteiger partial charge in [-0.1, -0.05) is 13.0 Å². The van der Waals surface area contributed by atoms with Crippen molar-refractivity contribution >= 4 is 10.0 Å². The number of nitrogens with one attached hydrogen (secondary N) is 1. The first kappa shape index (κ1) is 14.6. The summed E-state index contributed by atoms with van der Waals surface area (Å²) in [6, 6.07) is 2.84. The summed E-state index contributed by atoms with van der Waals surface area (Å²) in [4.78, 5) is 7.76. The van der Waals surface area contributed by atoms with Crippen LogP contribution in [0.3, 0.4) is 0 Å². The van der Waals surface area contributed by atoms with Crippen LogP contribution in [0.15, 0.2) is 34.0 Å². The second-order valence-electron chi connectivity index (χ2n) is 4.06. The molecule has 2 heterocycles. The molecule has 0 aliphatic heterocycles. The van der Waals surface area contributed by atoms with E-state index in [0.717, 1.165) is 0 Å². The number of aromatic nitrogens is 2. The Balaban J connectivity index is 2.06. The molecule has 8 heteroatoms. The number of hydrogen-bond donors (Lipinski definition) is 2. The Kier molecular flexibility index (Phi) is 4.48. The van der Waals surface area contributed by atoms with Gasteiger partial charge in [0.25, 0.3) is 10.0 Å². The number of sulfonamides is 1. The van der Waals surface area contributed by atoms with Crippen LogP contribution in [0.1, 0.15) is 24.1 Å². The van der Waals surface area contributed by atoms with Crippen molar-refractivity contribution in [2.75, 3.05) is 0 Å². The monoisotopic (exact) mass is 297 g/mol. The van der Waals surface area contributed by atoms with Crippen molar-refractivity contribution in [3.8, 4) is 0 Å². The van der Waals surface area contributed by atoms with Crippen molar-refractivity contribution in [3.63, 3.8) is 0 Å². The number of nitrogens with zero attached hydrogens (tertiary/aromatic N) is 2. The van der Waals surface area contributed by atoms with Crippen LogP contribution < -0.4 is 4.72 Å². The molecule has 0 amide bonds. The highest BCUT2D eigenvalue weighted by molar-refractivity contribution is 7.89. The molecular formula is C12H15N3O4S. The number of hydrogen-bond acceptors (Lipinski definition) is 6. The third kappa shape index (κ3) is 3.41. The summed E-state index contributed by atoms with van der Waals surface area (Å²) in [6.45, 7) is 1.70. The van der Waals surface area contributed by atoms with Gasteiger partial charge in [-0.05, 0) is 11.6 Å². The first-order valence-electron chi connectivity index (χ1n) is 6.04. The minimum absolute atomic E-state index is 0.0359. The minimum atomic E-state index is -3.72. The zero-order valence-electron chi connectivity index (χ0n) is 10.9. The summed E-state index contributed by atoms with van der Waals surface area (Å²) in [5, 5.41) is 8.77. The van der Waals surface area contributed by atoms with Crippen LogP contribution in [0.4, 0.5) is 0 Å². The minimum Gasteiger partial charge on any atom is -0.444 e. The Morgan fingerprint density at radius 3 is 2.65 bits per heavy atom. The SMILES string of the molecule is CCc1cnc(CNS(=O)(=O)c2ccc(CO)cn2)o1. The lowest BCUT2D eigenvalue weighted by atomic mass is 10.3. The molecule has 2 aromatic heterocycles. The summed E-state index contributed by atoms with van der Waals surface area (Å²) in [7, 11) is -3.72. The fraction of sp³-hybridized carbons (Fsp3) is 0.333. The topological polar surface area (TPSA) is 105 Å². The Morgan fingerprint density at radius 2 is 2.10 bits per heavy atom. The fourth-order valence-corrected chi connectivity index (χ4v) is 2.39. The molecule has 2 N–H and O–H groups in total. The molecule has 0 radical (unpaired) electrons. The van der Waals surface area contributed by atoms with Crippen molar-refractivity contribution in [1.29, 1.82) is 0 Å². The molecule has 7 nitrogen and oxygen atoms in total. The summed E-state index contributed by atoms with van der Waals surface area (Å²) >= 11 is 0. The van der Waals surface area contributed by atoms with E-state index in [-0.39, 0.29) is 18.2 Å². The van der Waals surface area contributed by atoms with Crippen LogP contribution in [-0.2, 0) is 29.6 Å². The number of aryl methyl sites for hydroxylation is 1. The van der Waals surface area contributed by atoms with E-state index >= 15 is 0 Å². The molecule has 0 fully saturated rings. The molecule has 0 aliphatic carbocycles. The molecule has 0 aromatic carbocycles. The van der Waals surface area contributed by atoms with Gasteiger partial charge in [-0.25, -0.2) is 23.1 Å². The Labute approximate surface area is 116 Å². The Hall–Kier alpha value is -1.77. The van der Waals surface area contributed by atoms with E-state index in [2.05, 4.69) is 14.7 Å². The largest absolute Gasteiger partial charge is 0.444 e. The lowest BCUT2D eigenvalue weighted by molar-refractivity contribution is 0.281. The fourth-order valence-electron chi connectivity index (χ4n) is 1.49. The molecule has 0 saturated heterocycles. The van der Waals surface area contributed by atoms with Crippen LogP contribution in [-0.4, -0.2) is 23.5 Å². The normalized spacial score (nSPS) is 11.7. The van der Waals surface area contributed by atoms with E-state index < -0.39 is 10.0 Å². The Morgan fingerprint density at radius 1 is 1.30 bits per heavy atom. The smallest absolute Gasteiger partial charge is 0.258 e. The predicted molar refractivity (Wildman–Crippen MR) is 70.1 cm³/mol. The van der Waals surface area contributed by atoms with E-state index in [1.807, 2.05) is 6.92 Å². The maximum Gasteiger partial charge on any atom is 0.258 e. The van der Waals surface area contributed by atoms with E-state index in [9.17, 15) is 8.42 Å². The maximum atomic E-state index is 12.0. The third-order valence-electron chi connectivity index (χ3n) is 2.62. The third-order valence-corrected chi connectivity index (χ3v) is 3.94. The van der Waals surface area contributed by atoms with Gasteiger partial charge in [0.15, 0.2) is 5.03 Å². The lowest BCUT2D eigenvalue weighted by Crippen LogP contribution is -2.24. The van der Waals surface area contributed by atoms with Gasteiger partial charge in [0.2, 0.25) is 5.89 Å². The molecule has 2 rings (SSSR count). The van der Waals surface area contributed by atoms with Crippen LogP contribution in [0.5, 0.6) is 0 Å². The first-order valence-corrected chi connectivity index (χ1v) is 7.52.